The average Bonchev–Trinajstić information content (AvgIpc) is 3.08. The minimum absolute atomic E-state index is 0.128. The van der Waals surface area contributed by atoms with Crippen LogP contribution in [0.4, 0.5) is 0 Å². The zero-order chi connectivity index (χ0) is 17.0. The zero-order valence-corrected chi connectivity index (χ0v) is 14.0. The molecular weight excluding hydrogens is 300 g/mol. The van der Waals surface area contributed by atoms with Crippen molar-refractivity contribution in [2.75, 3.05) is 13.7 Å². The molecule has 4 nitrogen and oxygen atoms in total. The number of aromatic nitrogens is 1. The number of benzene rings is 2. The van der Waals surface area contributed by atoms with Gasteiger partial charge in [0.05, 0.1) is 6.54 Å². The number of amides is 1. The molecule has 0 fully saturated rings. The molecule has 24 heavy (non-hydrogen) atoms. The van der Waals surface area contributed by atoms with Gasteiger partial charge in [0.1, 0.15) is 11.3 Å². The number of nitrogens with one attached hydrogen (secondary N) is 2. The van der Waals surface area contributed by atoms with E-state index in [4.69, 9.17) is 4.74 Å². The van der Waals surface area contributed by atoms with Crippen LogP contribution in [-0.2, 0) is 10.3 Å². The molecule has 3 rings (SSSR count). The number of rotatable bonds is 6. The molecule has 0 aliphatic heterocycles. The molecule has 0 radical (unpaired) electrons. The lowest BCUT2D eigenvalue weighted by atomic mass is 9.90. The number of carbonyl (C=O) groups excluding carboxylic acids is 1. The van der Waals surface area contributed by atoms with E-state index in [1.807, 2.05) is 60.7 Å². The van der Waals surface area contributed by atoms with E-state index in [0.29, 0.717) is 12.2 Å². The molecule has 0 unspecified atom stereocenters. The van der Waals surface area contributed by atoms with Crippen molar-refractivity contribution in [1.82, 2.24) is 10.3 Å². The Kier molecular flexibility index (Phi) is 4.67. The zero-order valence-electron chi connectivity index (χ0n) is 14.0. The Bertz CT molecular complexity index is 787. The van der Waals surface area contributed by atoms with Crippen molar-refractivity contribution in [3.8, 4) is 0 Å². The van der Waals surface area contributed by atoms with Crippen LogP contribution in [0.3, 0.4) is 0 Å². The van der Waals surface area contributed by atoms with E-state index < -0.39 is 5.60 Å². The van der Waals surface area contributed by atoms with Crippen molar-refractivity contribution < 1.29 is 9.53 Å². The van der Waals surface area contributed by atoms with Gasteiger partial charge >= 0.3 is 0 Å². The standard InChI is InChI=1S/C20H22N2O2/c1-3-20(24-2,16-10-5-4-6-11-16)14-21-19(23)18-13-15-9-7-8-12-17(15)22-18/h4-13,22H,3,14H2,1-2H3,(H,21,23)/t20-/m0/s1. The van der Waals surface area contributed by atoms with E-state index in [-0.39, 0.29) is 5.91 Å². The van der Waals surface area contributed by atoms with Crippen LogP contribution in [0.1, 0.15) is 29.4 Å². The summed E-state index contributed by atoms with van der Waals surface area (Å²) in [4.78, 5) is 15.7. The summed E-state index contributed by atoms with van der Waals surface area (Å²) in [7, 11) is 1.69. The van der Waals surface area contributed by atoms with E-state index in [9.17, 15) is 4.79 Å². The predicted octanol–water partition coefficient (Wildman–Crippen LogP) is 3.85. The first kappa shape index (κ1) is 16.3. The van der Waals surface area contributed by atoms with Crippen LogP contribution in [0.2, 0.25) is 0 Å². The molecule has 0 saturated heterocycles. The molecule has 0 aliphatic carbocycles. The van der Waals surface area contributed by atoms with Gasteiger partial charge in [-0.2, -0.15) is 0 Å². The highest BCUT2D eigenvalue weighted by Gasteiger charge is 2.30. The first-order valence-electron chi connectivity index (χ1n) is 8.15. The van der Waals surface area contributed by atoms with Gasteiger partial charge in [-0.1, -0.05) is 55.5 Å². The maximum atomic E-state index is 12.5. The van der Waals surface area contributed by atoms with Crippen LogP contribution in [0, 0.1) is 0 Å². The summed E-state index contributed by atoms with van der Waals surface area (Å²) in [6.45, 7) is 2.48. The normalized spacial score (nSPS) is 13.6. The summed E-state index contributed by atoms with van der Waals surface area (Å²) in [6, 6.07) is 19.7. The lowest BCUT2D eigenvalue weighted by molar-refractivity contribution is -0.0164. The molecule has 124 valence electrons. The highest BCUT2D eigenvalue weighted by molar-refractivity contribution is 5.98. The fourth-order valence-corrected chi connectivity index (χ4v) is 3.02. The van der Waals surface area contributed by atoms with E-state index in [2.05, 4.69) is 17.2 Å². The highest BCUT2D eigenvalue weighted by Crippen LogP contribution is 2.28. The van der Waals surface area contributed by atoms with Gasteiger partial charge in [-0.25, -0.2) is 0 Å². The fraction of sp³-hybridized carbons (Fsp3) is 0.250. The molecule has 0 spiro atoms. The summed E-state index contributed by atoms with van der Waals surface area (Å²) in [5.74, 6) is -0.128. The third-order valence-electron chi connectivity index (χ3n) is 4.57. The van der Waals surface area contributed by atoms with E-state index in [1.165, 1.54) is 0 Å². The lowest BCUT2D eigenvalue weighted by Gasteiger charge is -2.32. The number of ether oxygens (including phenoxy) is 1. The van der Waals surface area contributed by atoms with Crippen LogP contribution >= 0.6 is 0 Å². The van der Waals surface area contributed by atoms with Gasteiger partial charge in [0.15, 0.2) is 0 Å². The Hall–Kier alpha value is -2.59. The minimum Gasteiger partial charge on any atom is -0.372 e. The second kappa shape index (κ2) is 6.89. The van der Waals surface area contributed by atoms with E-state index in [0.717, 1.165) is 22.9 Å². The van der Waals surface area contributed by atoms with Gasteiger partial charge in [-0.15, -0.1) is 0 Å². The second-order valence-corrected chi connectivity index (χ2v) is 5.87. The summed E-state index contributed by atoms with van der Waals surface area (Å²) in [5, 5.41) is 4.03. The maximum absolute atomic E-state index is 12.5. The van der Waals surface area contributed by atoms with Crippen molar-refractivity contribution in [3.05, 3.63) is 71.9 Å². The largest absolute Gasteiger partial charge is 0.372 e. The third kappa shape index (κ3) is 3.05. The SMILES string of the molecule is CC[C@@](CNC(=O)c1cc2ccccc2[nH]1)(OC)c1ccccc1. The van der Waals surface area contributed by atoms with E-state index in [1.54, 1.807) is 7.11 Å². The van der Waals surface area contributed by atoms with Crippen molar-refractivity contribution in [1.29, 1.82) is 0 Å². The fourth-order valence-electron chi connectivity index (χ4n) is 3.02. The van der Waals surface area contributed by atoms with Crippen molar-refractivity contribution in [3.63, 3.8) is 0 Å². The summed E-state index contributed by atoms with van der Waals surface area (Å²) < 4.78 is 5.79. The topological polar surface area (TPSA) is 54.1 Å². The van der Waals surface area contributed by atoms with Crippen LogP contribution in [0.15, 0.2) is 60.7 Å². The molecule has 0 bridgehead atoms. The molecule has 1 atom stereocenters. The van der Waals surface area contributed by atoms with Gasteiger partial charge in [-0.3, -0.25) is 4.79 Å². The van der Waals surface area contributed by atoms with Crippen molar-refractivity contribution in [2.24, 2.45) is 0 Å². The lowest BCUT2D eigenvalue weighted by Crippen LogP contribution is -2.42. The van der Waals surface area contributed by atoms with Crippen LogP contribution < -0.4 is 5.32 Å². The van der Waals surface area contributed by atoms with E-state index >= 15 is 0 Å². The molecule has 0 saturated carbocycles. The van der Waals surface area contributed by atoms with Gasteiger partial charge < -0.3 is 15.0 Å². The Balaban J connectivity index is 1.78. The first-order chi connectivity index (χ1) is 11.7. The maximum Gasteiger partial charge on any atom is 0.267 e. The number of H-pyrrole nitrogens is 1. The van der Waals surface area contributed by atoms with Crippen molar-refractivity contribution in [2.45, 2.75) is 18.9 Å². The predicted molar refractivity (Wildman–Crippen MR) is 96.1 cm³/mol. The van der Waals surface area contributed by atoms with Crippen LogP contribution in [0.25, 0.3) is 10.9 Å². The summed E-state index contributed by atoms with van der Waals surface area (Å²) in [5.41, 5.74) is 2.06. The Morgan fingerprint density at radius 1 is 1.12 bits per heavy atom. The van der Waals surface area contributed by atoms with Crippen LogP contribution in [0.5, 0.6) is 0 Å². The Labute approximate surface area is 141 Å². The molecule has 1 heterocycles. The number of fused-ring (bicyclic) bond motifs is 1. The van der Waals surface area contributed by atoms with Gasteiger partial charge in [0, 0.05) is 18.0 Å². The van der Waals surface area contributed by atoms with Crippen LogP contribution in [-0.4, -0.2) is 24.5 Å². The Morgan fingerprint density at radius 3 is 2.50 bits per heavy atom. The number of hydrogen-bond donors (Lipinski definition) is 2. The number of aromatic amines is 1. The number of carbonyl (C=O) groups is 1. The third-order valence-corrected chi connectivity index (χ3v) is 4.57. The molecule has 0 aliphatic rings. The summed E-state index contributed by atoms with van der Waals surface area (Å²) >= 11 is 0. The number of hydrogen-bond acceptors (Lipinski definition) is 2. The highest BCUT2D eigenvalue weighted by atomic mass is 16.5. The monoisotopic (exact) mass is 322 g/mol. The minimum atomic E-state index is -0.525. The molecule has 2 N–H and O–H groups in total. The van der Waals surface area contributed by atoms with Gasteiger partial charge in [0.25, 0.3) is 5.91 Å². The molecule has 1 amide bonds. The number of para-hydroxylation sites is 1. The second-order valence-electron chi connectivity index (χ2n) is 5.87. The van der Waals surface area contributed by atoms with Gasteiger partial charge in [0.2, 0.25) is 0 Å². The average molecular weight is 322 g/mol. The quantitative estimate of drug-likeness (QED) is 0.724. The number of methoxy groups -OCH3 is 1. The van der Waals surface area contributed by atoms with Crippen molar-refractivity contribution >= 4 is 16.8 Å². The summed E-state index contributed by atoms with van der Waals surface area (Å²) in [6.07, 6.45) is 0.764. The molecule has 2 aromatic carbocycles. The molecule has 1 aromatic heterocycles. The Morgan fingerprint density at radius 2 is 1.83 bits per heavy atom. The molecule has 3 aromatic rings. The smallest absolute Gasteiger partial charge is 0.267 e. The first-order valence-corrected chi connectivity index (χ1v) is 8.15. The molecule has 4 heteroatoms. The van der Waals surface area contributed by atoms with Gasteiger partial charge in [-0.05, 0) is 24.1 Å². The molecular formula is C20H22N2O2.